The number of carbonyl (C=O) groups is 1. The molecular weight excluding hydrogens is 581 g/mol. The maximum atomic E-state index is 13.6. The second-order valence-electron chi connectivity index (χ2n) is 9.90. The lowest BCUT2D eigenvalue weighted by Crippen LogP contribution is -2.41. The molecule has 0 unspecified atom stereocenters. The maximum absolute atomic E-state index is 13.6. The summed E-state index contributed by atoms with van der Waals surface area (Å²) < 4.78 is 48.7. The third-order valence-electron chi connectivity index (χ3n) is 7.07. The van der Waals surface area contributed by atoms with E-state index < -0.39 is 39.6 Å². The van der Waals surface area contributed by atoms with E-state index in [2.05, 4.69) is 25.4 Å². The fourth-order valence-corrected chi connectivity index (χ4v) is 4.98. The number of hydrogen-bond donors (Lipinski definition) is 1. The molecule has 1 aliphatic carbocycles. The van der Waals surface area contributed by atoms with Crippen molar-refractivity contribution < 1.29 is 22.5 Å². The summed E-state index contributed by atoms with van der Waals surface area (Å²) in [7, 11) is 1.47. The first-order valence-electron chi connectivity index (χ1n) is 12.5. The Morgan fingerprint density at radius 2 is 1.95 bits per heavy atom. The molecule has 1 aliphatic rings. The molecular formula is C26H20ClF3N8O4. The lowest BCUT2D eigenvalue weighted by Gasteiger charge is -2.18. The van der Waals surface area contributed by atoms with Gasteiger partial charge in [-0.3, -0.25) is 18.7 Å². The van der Waals surface area contributed by atoms with E-state index in [1.807, 2.05) is 0 Å². The lowest BCUT2D eigenvalue weighted by atomic mass is 10.1. The van der Waals surface area contributed by atoms with E-state index in [0.717, 1.165) is 16.8 Å². The van der Waals surface area contributed by atoms with Crippen LogP contribution in [0.4, 0.5) is 19.0 Å². The van der Waals surface area contributed by atoms with E-state index in [1.54, 1.807) is 13.0 Å². The van der Waals surface area contributed by atoms with Gasteiger partial charge in [-0.2, -0.15) is 13.2 Å². The minimum atomic E-state index is -4.71. The Labute approximate surface area is 238 Å². The monoisotopic (exact) mass is 600 g/mol. The van der Waals surface area contributed by atoms with Crippen LogP contribution in [0.5, 0.6) is 0 Å². The van der Waals surface area contributed by atoms with E-state index in [-0.39, 0.29) is 34.8 Å². The molecule has 5 aromatic rings. The highest BCUT2D eigenvalue weighted by molar-refractivity contribution is 6.30. The summed E-state index contributed by atoms with van der Waals surface area (Å²) in [5, 5.41) is 5.87. The van der Waals surface area contributed by atoms with E-state index in [1.165, 1.54) is 40.7 Å². The molecule has 216 valence electrons. The predicted molar refractivity (Wildman–Crippen MR) is 143 cm³/mol. The number of imidazole rings is 1. The maximum Gasteiger partial charge on any atom is 0.419 e. The number of fused-ring (bicyclic) bond motifs is 1. The summed E-state index contributed by atoms with van der Waals surface area (Å²) in [5.74, 6) is 0.0758. The molecule has 16 heteroatoms. The number of halogens is 4. The molecule has 0 radical (unpaired) electrons. The number of alkyl halides is 3. The first-order chi connectivity index (χ1) is 19.9. The highest BCUT2D eigenvalue weighted by atomic mass is 35.5. The van der Waals surface area contributed by atoms with E-state index in [9.17, 15) is 27.6 Å². The van der Waals surface area contributed by atoms with Crippen molar-refractivity contribution in [2.24, 2.45) is 7.05 Å². The molecule has 5 heterocycles. The third kappa shape index (κ3) is 4.55. The van der Waals surface area contributed by atoms with Gasteiger partial charge in [0.05, 0.1) is 24.1 Å². The van der Waals surface area contributed by atoms with Crippen molar-refractivity contribution in [3.63, 3.8) is 0 Å². The van der Waals surface area contributed by atoms with Crippen molar-refractivity contribution in [3.05, 3.63) is 85.9 Å². The Morgan fingerprint density at radius 1 is 1.19 bits per heavy atom. The number of aryl methyl sites for hydroxylation is 2. The SMILES string of the molecule is Cc1cc(Cn2c(=O)c3c(ncn3C3(C(=O)Nc4cccc(-c5cnc(Cl)c(C(F)(F)F)c5)n4)CC3)n(C)c2=O)no1. The first-order valence-corrected chi connectivity index (χ1v) is 12.9. The number of anilines is 1. The van der Waals surface area contributed by atoms with E-state index in [4.69, 9.17) is 16.1 Å². The fourth-order valence-electron chi connectivity index (χ4n) is 4.77. The Morgan fingerprint density at radius 3 is 2.62 bits per heavy atom. The van der Waals surface area contributed by atoms with Gasteiger partial charge in [0.1, 0.15) is 28.0 Å². The van der Waals surface area contributed by atoms with E-state index in [0.29, 0.717) is 24.3 Å². The van der Waals surface area contributed by atoms with Gasteiger partial charge in [0.2, 0.25) is 0 Å². The van der Waals surface area contributed by atoms with Crippen LogP contribution in [-0.2, 0) is 30.1 Å². The zero-order valence-electron chi connectivity index (χ0n) is 21.9. The van der Waals surface area contributed by atoms with Crippen LogP contribution in [0.3, 0.4) is 0 Å². The van der Waals surface area contributed by atoms with Crippen LogP contribution in [0.15, 0.2) is 57.0 Å². The zero-order chi connectivity index (χ0) is 30.0. The van der Waals surface area contributed by atoms with Crippen molar-refractivity contribution in [2.75, 3.05) is 5.32 Å². The van der Waals surface area contributed by atoms with Crippen LogP contribution in [0.1, 0.15) is 29.9 Å². The van der Waals surface area contributed by atoms with Crippen molar-refractivity contribution in [2.45, 2.75) is 38.0 Å². The molecule has 0 atom stereocenters. The van der Waals surface area contributed by atoms with Gasteiger partial charge in [0, 0.05) is 24.9 Å². The Hall–Kier alpha value is -4.79. The molecule has 0 saturated heterocycles. The number of nitrogens with zero attached hydrogens (tertiary/aromatic N) is 7. The molecule has 1 amide bonds. The topological polar surface area (TPSA) is 143 Å². The van der Waals surface area contributed by atoms with Crippen LogP contribution in [-0.4, -0.2) is 39.7 Å². The average Bonchev–Trinajstić information content (AvgIpc) is 3.45. The first kappa shape index (κ1) is 27.4. The second kappa shape index (κ2) is 9.65. The smallest absolute Gasteiger partial charge is 0.361 e. The third-order valence-corrected chi connectivity index (χ3v) is 7.37. The molecule has 6 rings (SSSR count). The molecule has 5 aromatic heterocycles. The molecule has 0 aromatic carbocycles. The number of rotatable bonds is 6. The summed E-state index contributed by atoms with van der Waals surface area (Å²) in [6, 6.07) is 6.91. The second-order valence-corrected chi connectivity index (χ2v) is 10.3. The summed E-state index contributed by atoms with van der Waals surface area (Å²) >= 11 is 5.63. The van der Waals surface area contributed by atoms with Gasteiger partial charge in [0.15, 0.2) is 11.2 Å². The van der Waals surface area contributed by atoms with Crippen molar-refractivity contribution in [1.82, 2.24) is 33.8 Å². The molecule has 0 bridgehead atoms. The summed E-state index contributed by atoms with van der Waals surface area (Å²) in [4.78, 5) is 52.3. The minimum Gasteiger partial charge on any atom is -0.361 e. The number of nitrogens with one attached hydrogen (secondary N) is 1. The van der Waals surface area contributed by atoms with Gasteiger partial charge >= 0.3 is 11.9 Å². The predicted octanol–water partition coefficient (Wildman–Crippen LogP) is 3.50. The van der Waals surface area contributed by atoms with Gasteiger partial charge in [-0.25, -0.2) is 19.7 Å². The van der Waals surface area contributed by atoms with Gasteiger partial charge in [0.25, 0.3) is 11.5 Å². The number of carbonyl (C=O) groups excluding carboxylic acids is 1. The molecule has 1 saturated carbocycles. The molecule has 1 N–H and O–H groups in total. The molecule has 0 aliphatic heterocycles. The number of hydrogen-bond acceptors (Lipinski definition) is 8. The average molecular weight is 601 g/mol. The van der Waals surface area contributed by atoms with Crippen LogP contribution >= 0.6 is 11.6 Å². The van der Waals surface area contributed by atoms with Gasteiger partial charge < -0.3 is 14.4 Å². The van der Waals surface area contributed by atoms with Gasteiger partial charge in [-0.1, -0.05) is 22.8 Å². The number of amides is 1. The summed E-state index contributed by atoms with van der Waals surface area (Å²) in [6.45, 7) is 1.54. The van der Waals surface area contributed by atoms with Gasteiger partial charge in [-0.05, 0) is 38.0 Å². The van der Waals surface area contributed by atoms with Crippen LogP contribution in [0.2, 0.25) is 5.15 Å². The summed E-state index contributed by atoms with van der Waals surface area (Å²) in [5.41, 5.74) is -2.86. The normalized spacial score (nSPS) is 14.3. The molecule has 12 nitrogen and oxygen atoms in total. The lowest BCUT2D eigenvalue weighted by molar-refractivity contribution is -0.137. The highest BCUT2D eigenvalue weighted by Gasteiger charge is 2.53. The summed E-state index contributed by atoms with van der Waals surface area (Å²) in [6.07, 6.45) is -1.49. The van der Waals surface area contributed by atoms with Gasteiger partial charge in [-0.15, -0.1) is 0 Å². The van der Waals surface area contributed by atoms with Crippen molar-refractivity contribution in [1.29, 1.82) is 0 Å². The van der Waals surface area contributed by atoms with Crippen LogP contribution < -0.4 is 16.6 Å². The van der Waals surface area contributed by atoms with Crippen LogP contribution in [0, 0.1) is 6.92 Å². The minimum absolute atomic E-state index is 0.0494. The Bertz CT molecular complexity index is 2010. The van der Waals surface area contributed by atoms with Crippen LogP contribution in [0.25, 0.3) is 22.4 Å². The quantitative estimate of drug-likeness (QED) is 0.292. The fraction of sp³-hybridized carbons (Fsp3) is 0.269. The van der Waals surface area contributed by atoms with Crippen molar-refractivity contribution in [3.8, 4) is 11.3 Å². The number of pyridine rings is 2. The zero-order valence-corrected chi connectivity index (χ0v) is 22.7. The molecule has 42 heavy (non-hydrogen) atoms. The molecule has 0 spiro atoms. The van der Waals surface area contributed by atoms with E-state index >= 15 is 0 Å². The Kier molecular flexibility index (Phi) is 6.29. The standard InChI is InChI=1S/C26H20ClF3N8O4/c1-13-8-15(35-42-13)11-37-22(39)19-21(36(2)24(37)41)32-12-38(19)25(6-7-25)23(40)34-18-5-3-4-17(33-18)14-9-16(26(28,29)30)20(27)31-10-14/h3-5,8-10,12H,6-7,11H2,1-2H3,(H,33,34,40). The van der Waals surface area contributed by atoms with Crippen molar-refractivity contribution >= 4 is 34.5 Å². The largest absolute Gasteiger partial charge is 0.419 e. The highest BCUT2D eigenvalue weighted by Crippen LogP contribution is 2.45. The Balaban J connectivity index is 1.34. The molecule has 1 fully saturated rings. The number of aromatic nitrogens is 7.